The van der Waals surface area contributed by atoms with Gasteiger partial charge in [0, 0.05) is 22.5 Å². The molecular weight excluding hydrogens is 402 g/mol. The van der Waals surface area contributed by atoms with Gasteiger partial charge in [-0.1, -0.05) is 51.1 Å². The number of ketones is 1. The van der Waals surface area contributed by atoms with E-state index in [-0.39, 0.29) is 23.6 Å². The zero-order valence-electron chi connectivity index (χ0n) is 19.4. The molecule has 2 saturated heterocycles. The molecule has 0 bridgehead atoms. The van der Waals surface area contributed by atoms with Crippen molar-refractivity contribution < 1.29 is 14.4 Å². The van der Waals surface area contributed by atoms with E-state index in [0.29, 0.717) is 0 Å². The lowest BCUT2D eigenvalue weighted by Gasteiger charge is -2.40. The Labute approximate surface area is 188 Å². The fourth-order valence-corrected chi connectivity index (χ4v) is 5.58. The van der Waals surface area contributed by atoms with Crippen molar-refractivity contribution in [3.05, 3.63) is 42.1 Å². The fourth-order valence-electron chi connectivity index (χ4n) is 5.58. The Morgan fingerprint density at radius 3 is 2.31 bits per heavy atom. The van der Waals surface area contributed by atoms with E-state index < -0.39 is 28.8 Å². The highest BCUT2D eigenvalue weighted by Crippen LogP contribution is 2.52. The van der Waals surface area contributed by atoms with Crippen molar-refractivity contribution in [2.24, 2.45) is 17.3 Å². The Balaban J connectivity index is 1.76. The predicted molar refractivity (Wildman–Crippen MR) is 124 cm³/mol. The normalized spacial score (nSPS) is 27.1. The van der Waals surface area contributed by atoms with Crippen molar-refractivity contribution in [3.8, 4) is 0 Å². The number of fused-ring (bicyclic) bond motifs is 7. The van der Waals surface area contributed by atoms with Gasteiger partial charge < -0.3 is 4.90 Å². The number of hydrogen-bond donors (Lipinski definition) is 0. The number of hydrogen-bond acceptors (Lipinski definition) is 5. The van der Waals surface area contributed by atoms with Crippen LogP contribution < -0.4 is 4.90 Å². The van der Waals surface area contributed by atoms with Crippen LogP contribution in [0.3, 0.4) is 0 Å². The van der Waals surface area contributed by atoms with Gasteiger partial charge in [0.1, 0.15) is 6.04 Å². The third-order valence-corrected chi connectivity index (χ3v) is 6.92. The minimum atomic E-state index is -0.717. The number of likely N-dealkylation sites (tertiary alicyclic amines) is 1. The van der Waals surface area contributed by atoms with E-state index in [1.807, 2.05) is 82.9 Å². The maximum Gasteiger partial charge on any atom is 0.236 e. The Bertz CT molecular complexity index is 1200. The van der Waals surface area contributed by atoms with Gasteiger partial charge in [0.15, 0.2) is 5.78 Å². The summed E-state index contributed by atoms with van der Waals surface area (Å²) >= 11 is 0. The number of anilines is 1. The van der Waals surface area contributed by atoms with Crippen LogP contribution in [0.25, 0.3) is 17.0 Å². The van der Waals surface area contributed by atoms with E-state index in [0.717, 1.165) is 22.2 Å². The molecule has 0 saturated carbocycles. The second-order valence-electron chi connectivity index (χ2n) is 11.1. The predicted octanol–water partition coefficient (Wildman–Crippen LogP) is 3.83. The summed E-state index contributed by atoms with van der Waals surface area (Å²) in [7, 11) is 0. The second-order valence-corrected chi connectivity index (χ2v) is 11.1. The summed E-state index contributed by atoms with van der Waals surface area (Å²) in [6.07, 6.45) is 5.73. The van der Waals surface area contributed by atoms with E-state index in [9.17, 15) is 14.4 Å². The molecule has 4 atom stereocenters. The van der Waals surface area contributed by atoms with Gasteiger partial charge in [-0.25, -0.2) is 0 Å². The van der Waals surface area contributed by atoms with E-state index in [4.69, 9.17) is 0 Å². The van der Waals surface area contributed by atoms with Gasteiger partial charge in [-0.3, -0.25) is 24.3 Å². The zero-order valence-corrected chi connectivity index (χ0v) is 19.4. The highest BCUT2D eigenvalue weighted by Gasteiger charge is 2.66. The van der Waals surface area contributed by atoms with E-state index in [1.54, 1.807) is 6.20 Å². The molecule has 6 heteroatoms. The third kappa shape index (κ3) is 2.71. The summed E-state index contributed by atoms with van der Waals surface area (Å²) in [4.78, 5) is 49.2. The van der Waals surface area contributed by atoms with E-state index in [1.165, 1.54) is 4.90 Å². The molecule has 166 valence electrons. The lowest BCUT2D eigenvalue weighted by molar-refractivity contribution is -0.146. The quantitative estimate of drug-likeness (QED) is 0.642. The Hall–Kier alpha value is -3.02. The number of benzene rings is 1. The average Bonchev–Trinajstić information content (AvgIpc) is 3.18. The van der Waals surface area contributed by atoms with Crippen LogP contribution in [0.4, 0.5) is 5.69 Å². The smallest absolute Gasteiger partial charge is 0.236 e. The van der Waals surface area contributed by atoms with Crippen LogP contribution in [0.15, 0.2) is 36.5 Å². The minimum absolute atomic E-state index is 0.0268. The molecule has 1 aromatic heterocycles. The van der Waals surface area contributed by atoms with Crippen LogP contribution in [0.2, 0.25) is 0 Å². The molecular formula is C26H29N3O3. The van der Waals surface area contributed by atoms with Gasteiger partial charge in [0.05, 0.1) is 29.1 Å². The molecule has 1 aromatic carbocycles. The molecule has 6 nitrogen and oxygen atoms in total. The first-order chi connectivity index (χ1) is 14.9. The van der Waals surface area contributed by atoms with Crippen LogP contribution in [-0.2, 0) is 14.4 Å². The molecule has 5 rings (SSSR count). The molecule has 3 aliphatic rings. The van der Waals surface area contributed by atoms with Crippen LogP contribution in [0.1, 0.15) is 47.1 Å². The second kappa shape index (κ2) is 6.50. The molecule has 4 heterocycles. The molecule has 2 amide bonds. The monoisotopic (exact) mass is 431 g/mol. The molecule has 0 spiro atoms. The highest BCUT2D eigenvalue weighted by molar-refractivity contribution is 6.13. The summed E-state index contributed by atoms with van der Waals surface area (Å²) in [6.45, 7) is 11.2. The highest BCUT2D eigenvalue weighted by atomic mass is 16.2. The van der Waals surface area contributed by atoms with Crippen LogP contribution in [0, 0.1) is 17.3 Å². The fraction of sp³-hybridized carbons (Fsp3) is 0.462. The number of Topliss-reactive ketones (excluding diaryl/α,β-unsaturated/α-hetero) is 1. The minimum Gasteiger partial charge on any atom is -0.351 e. The Morgan fingerprint density at radius 2 is 1.66 bits per heavy atom. The maximum atomic E-state index is 13.9. The number of aromatic nitrogens is 1. The standard InChI is InChI=1S/C26H29N3O3/c1-25(2,3)22(30)21-18-17(23(31)29(24(18)32)26(4,5)6)16-12-11-15-10-9-14-8-7-13-27-19(14)20(15)28(16)21/h7-13,16-18,21H,1-6H3/t16-,17-,18+,21-/m1/s1. The summed E-state index contributed by atoms with van der Waals surface area (Å²) < 4.78 is 0. The largest absolute Gasteiger partial charge is 0.351 e. The van der Waals surface area contributed by atoms with Crippen LogP contribution in [0.5, 0.6) is 0 Å². The average molecular weight is 432 g/mol. The number of carbonyl (C=O) groups excluding carboxylic acids is 3. The van der Waals surface area contributed by atoms with Gasteiger partial charge in [-0.05, 0) is 32.4 Å². The molecule has 32 heavy (non-hydrogen) atoms. The van der Waals surface area contributed by atoms with Gasteiger partial charge in [0.2, 0.25) is 11.8 Å². The molecule has 0 N–H and O–H groups in total. The topological polar surface area (TPSA) is 70.6 Å². The number of nitrogens with zero attached hydrogens (tertiary/aromatic N) is 3. The van der Waals surface area contributed by atoms with Crippen LogP contribution >= 0.6 is 0 Å². The SMILES string of the molecule is CC(C)(C)C(=O)[C@H]1[C@H]2C(=O)N(C(C)(C)C)C(=O)[C@@H]2[C@H]2C=Cc3ccc4cccnc4c3N21. The molecule has 0 unspecified atom stereocenters. The molecule has 3 aliphatic heterocycles. The first-order valence-corrected chi connectivity index (χ1v) is 11.2. The maximum absolute atomic E-state index is 13.9. The first kappa shape index (κ1) is 20.9. The Morgan fingerprint density at radius 1 is 0.969 bits per heavy atom. The van der Waals surface area contributed by atoms with E-state index in [2.05, 4.69) is 4.98 Å². The lowest BCUT2D eigenvalue weighted by Crippen LogP contribution is -2.54. The summed E-state index contributed by atoms with van der Waals surface area (Å²) in [6, 6.07) is 6.83. The number of imide groups is 1. The number of rotatable bonds is 1. The van der Waals surface area contributed by atoms with Crippen molar-refractivity contribution in [2.45, 2.75) is 59.2 Å². The van der Waals surface area contributed by atoms with Crippen molar-refractivity contribution >= 4 is 40.3 Å². The summed E-state index contributed by atoms with van der Waals surface area (Å²) in [5.41, 5.74) is 1.28. The molecule has 2 fully saturated rings. The van der Waals surface area contributed by atoms with Gasteiger partial charge >= 0.3 is 0 Å². The summed E-state index contributed by atoms with van der Waals surface area (Å²) in [5.74, 6) is -1.74. The Kier molecular flexibility index (Phi) is 4.24. The number of carbonyl (C=O) groups is 3. The molecule has 2 aromatic rings. The van der Waals surface area contributed by atoms with E-state index >= 15 is 0 Å². The van der Waals surface area contributed by atoms with Crippen molar-refractivity contribution in [1.29, 1.82) is 0 Å². The van der Waals surface area contributed by atoms with Gasteiger partial charge in [-0.2, -0.15) is 0 Å². The zero-order chi connectivity index (χ0) is 23.2. The van der Waals surface area contributed by atoms with Crippen molar-refractivity contribution in [1.82, 2.24) is 9.88 Å². The molecule has 0 radical (unpaired) electrons. The van der Waals surface area contributed by atoms with Crippen LogP contribution in [-0.4, -0.2) is 45.1 Å². The first-order valence-electron chi connectivity index (χ1n) is 11.2. The third-order valence-electron chi connectivity index (χ3n) is 6.92. The van der Waals surface area contributed by atoms with Gasteiger partial charge in [0.25, 0.3) is 0 Å². The lowest BCUT2D eigenvalue weighted by atomic mass is 9.79. The summed E-state index contributed by atoms with van der Waals surface area (Å²) in [5, 5.41) is 0.966. The number of amides is 2. The van der Waals surface area contributed by atoms with Crippen molar-refractivity contribution in [2.75, 3.05) is 4.90 Å². The molecule has 0 aliphatic carbocycles. The number of pyridine rings is 1. The van der Waals surface area contributed by atoms with Crippen molar-refractivity contribution in [3.63, 3.8) is 0 Å². The van der Waals surface area contributed by atoms with Gasteiger partial charge in [-0.15, -0.1) is 0 Å².